The number of carbonyl (C=O) groups is 2. The summed E-state index contributed by atoms with van der Waals surface area (Å²) in [5.41, 5.74) is 2.38. The van der Waals surface area contributed by atoms with Gasteiger partial charge in [0, 0.05) is 19.5 Å². The summed E-state index contributed by atoms with van der Waals surface area (Å²) in [6.45, 7) is 3.10. The highest BCUT2D eigenvalue weighted by atomic mass is 16.4. The average Bonchev–Trinajstić information content (AvgIpc) is 2.46. The molecule has 1 saturated heterocycles. The number of hydrogen-bond donors (Lipinski definition) is 1. The summed E-state index contributed by atoms with van der Waals surface area (Å²) >= 11 is 0. The number of carbonyl (C=O) groups excluding carboxylic acids is 1. The molecule has 4 nitrogen and oxygen atoms in total. The van der Waals surface area contributed by atoms with Crippen LogP contribution in [0.4, 0.5) is 0 Å². The van der Waals surface area contributed by atoms with Crippen LogP contribution in [0.5, 0.6) is 0 Å². The summed E-state index contributed by atoms with van der Waals surface area (Å²) in [4.78, 5) is 24.9. The van der Waals surface area contributed by atoms with Gasteiger partial charge < -0.3 is 10.0 Å². The first-order valence-corrected chi connectivity index (χ1v) is 7.13. The van der Waals surface area contributed by atoms with Gasteiger partial charge in [0.2, 0.25) is 5.91 Å². The van der Waals surface area contributed by atoms with Crippen LogP contribution >= 0.6 is 0 Å². The van der Waals surface area contributed by atoms with Crippen molar-refractivity contribution in [3.8, 4) is 0 Å². The highest BCUT2D eigenvalue weighted by Crippen LogP contribution is 2.18. The van der Waals surface area contributed by atoms with Gasteiger partial charge in [-0.3, -0.25) is 9.59 Å². The van der Waals surface area contributed by atoms with Crippen LogP contribution in [-0.4, -0.2) is 35.0 Å². The van der Waals surface area contributed by atoms with Gasteiger partial charge in [0.05, 0.1) is 5.92 Å². The lowest BCUT2D eigenvalue weighted by atomic mass is 9.97. The summed E-state index contributed by atoms with van der Waals surface area (Å²) in [7, 11) is 0. The Morgan fingerprint density at radius 3 is 2.80 bits per heavy atom. The molecule has 0 bridgehead atoms. The first-order chi connectivity index (χ1) is 9.58. The van der Waals surface area contributed by atoms with Gasteiger partial charge in [-0.15, -0.1) is 0 Å². The second-order valence-corrected chi connectivity index (χ2v) is 5.44. The third-order valence-corrected chi connectivity index (χ3v) is 3.99. The number of piperidine rings is 1. The summed E-state index contributed by atoms with van der Waals surface area (Å²) in [5, 5.41) is 9.04. The van der Waals surface area contributed by atoms with E-state index in [-0.39, 0.29) is 5.91 Å². The lowest BCUT2D eigenvalue weighted by Crippen LogP contribution is -2.42. The van der Waals surface area contributed by atoms with Crippen LogP contribution < -0.4 is 0 Å². The van der Waals surface area contributed by atoms with E-state index in [1.54, 1.807) is 4.90 Å². The van der Waals surface area contributed by atoms with Gasteiger partial charge >= 0.3 is 5.97 Å². The molecule has 1 aromatic carbocycles. The normalized spacial score (nSPS) is 18.9. The SMILES string of the molecule is Cc1ccccc1CCC(=O)N1CCCC(C(=O)O)C1. The van der Waals surface area contributed by atoms with Crippen LogP contribution in [0.2, 0.25) is 0 Å². The topological polar surface area (TPSA) is 57.6 Å². The zero-order valence-electron chi connectivity index (χ0n) is 11.8. The molecule has 1 fully saturated rings. The monoisotopic (exact) mass is 275 g/mol. The maximum absolute atomic E-state index is 12.2. The van der Waals surface area contributed by atoms with Crippen molar-refractivity contribution in [2.24, 2.45) is 5.92 Å². The molecule has 1 atom stereocenters. The van der Waals surface area contributed by atoms with Crippen LogP contribution in [0.15, 0.2) is 24.3 Å². The van der Waals surface area contributed by atoms with Crippen LogP contribution in [0.3, 0.4) is 0 Å². The first-order valence-electron chi connectivity index (χ1n) is 7.13. The lowest BCUT2D eigenvalue weighted by Gasteiger charge is -2.30. The number of aliphatic carboxylic acids is 1. The van der Waals surface area contributed by atoms with Gasteiger partial charge in [-0.2, -0.15) is 0 Å². The van der Waals surface area contributed by atoms with Crippen molar-refractivity contribution in [3.05, 3.63) is 35.4 Å². The molecule has 4 heteroatoms. The standard InChI is InChI=1S/C16H21NO3/c1-12-5-2-3-6-13(12)8-9-15(18)17-10-4-7-14(11-17)16(19)20/h2-3,5-6,14H,4,7-11H2,1H3,(H,19,20). The van der Waals surface area contributed by atoms with Crippen molar-refractivity contribution in [2.45, 2.75) is 32.6 Å². The zero-order valence-corrected chi connectivity index (χ0v) is 11.8. The van der Waals surface area contributed by atoms with E-state index in [2.05, 4.69) is 0 Å². The minimum Gasteiger partial charge on any atom is -0.481 e. The molecular weight excluding hydrogens is 254 g/mol. The van der Waals surface area contributed by atoms with Crippen LogP contribution in [0.1, 0.15) is 30.4 Å². The maximum Gasteiger partial charge on any atom is 0.308 e. The van der Waals surface area contributed by atoms with E-state index in [0.717, 1.165) is 12.8 Å². The Bertz CT molecular complexity index is 498. The van der Waals surface area contributed by atoms with E-state index in [1.165, 1.54) is 11.1 Å². The Hall–Kier alpha value is -1.84. The van der Waals surface area contributed by atoms with Crippen LogP contribution in [-0.2, 0) is 16.0 Å². The van der Waals surface area contributed by atoms with Gasteiger partial charge in [-0.1, -0.05) is 24.3 Å². The molecule has 0 saturated carbocycles. The fraction of sp³-hybridized carbons (Fsp3) is 0.500. The summed E-state index contributed by atoms with van der Waals surface area (Å²) in [5.74, 6) is -1.12. The van der Waals surface area contributed by atoms with Crippen LogP contribution in [0.25, 0.3) is 0 Å². The molecule has 1 aromatic rings. The first kappa shape index (κ1) is 14.6. The number of nitrogens with zero attached hydrogens (tertiary/aromatic N) is 1. The Balaban J connectivity index is 1.89. The molecule has 0 aliphatic carbocycles. The van der Waals surface area contributed by atoms with E-state index in [1.807, 2.05) is 31.2 Å². The van der Waals surface area contributed by atoms with Gasteiger partial charge in [0.1, 0.15) is 0 Å². The van der Waals surface area contributed by atoms with E-state index in [0.29, 0.717) is 25.9 Å². The predicted molar refractivity (Wildman–Crippen MR) is 76.4 cm³/mol. The second-order valence-electron chi connectivity index (χ2n) is 5.44. The number of benzene rings is 1. The second kappa shape index (κ2) is 6.55. The molecule has 0 aromatic heterocycles. The van der Waals surface area contributed by atoms with Crippen LogP contribution in [0, 0.1) is 12.8 Å². The quantitative estimate of drug-likeness (QED) is 0.917. The van der Waals surface area contributed by atoms with Crippen molar-refractivity contribution in [2.75, 3.05) is 13.1 Å². The summed E-state index contributed by atoms with van der Waals surface area (Å²) < 4.78 is 0. The summed E-state index contributed by atoms with van der Waals surface area (Å²) in [6, 6.07) is 8.05. The fourth-order valence-electron chi connectivity index (χ4n) is 2.70. The number of rotatable bonds is 4. The van der Waals surface area contributed by atoms with Gasteiger partial charge in [0.15, 0.2) is 0 Å². The number of carboxylic acid groups (broad SMARTS) is 1. The van der Waals surface area contributed by atoms with Crippen molar-refractivity contribution < 1.29 is 14.7 Å². The smallest absolute Gasteiger partial charge is 0.308 e. The predicted octanol–water partition coefficient (Wildman–Crippen LogP) is 2.25. The molecule has 2 rings (SSSR count). The summed E-state index contributed by atoms with van der Waals surface area (Å²) in [6.07, 6.45) is 2.64. The lowest BCUT2D eigenvalue weighted by molar-refractivity contribution is -0.145. The Labute approximate surface area is 119 Å². The van der Waals surface area contributed by atoms with E-state index in [9.17, 15) is 9.59 Å². The molecular formula is C16H21NO3. The van der Waals surface area contributed by atoms with Crippen molar-refractivity contribution >= 4 is 11.9 Å². The van der Waals surface area contributed by atoms with Crippen molar-refractivity contribution in [3.63, 3.8) is 0 Å². The van der Waals surface area contributed by atoms with Crippen molar-refractivity contribution in [1.29, 1.82) is 0 Å². The number of hydrogen-bond acceptors (Lipinski definition) is 2. The molecule has 0 radical (unpaired) electrons. The number of likely N-dealkylation sites (tertiary alicyclic amines) is 1. The number of carboxylic acids is 1. The molecule has 1 amide bonds. The highest BCUT2D eigenvalue weighted by molar-refractivity contribution is 5.78. The third kappa shape index (κ3) is 3.59. The average molecular weight is 275 g/mol. The van der Waals surface area contributed by atoms with E-state index < -0.39 is 11.9 Å². The van der Waals surface area contributed by atoms with Gasteiger partial charge in [-0.05, 0) is 37.3 Å². The third-order valence-electron chi connectivity index (χ3n) is 3.99. The minimum atomic E-state index is -0.790. The molecule has 20 heavy (non-hydrogen) atoms. The van der Waals surface area contributed by atoms with Gasteiger partial charge in [0.25, 0.3) is 0 Å². The number of aryl methyl sites for hydroxylation is 2. The number of amides is 1. The Morgan fingerprint density at radius 1 is 1.35 bits per heavy atom. The van der Waals surface area contributed by atoms with E-state index >= 15 is 0 Å². The van der Waals surface area contributed by atoms with Crippen molar-refractivity contribution in [1.82, 2.24) is 4.90 Å². The Kier molecular flexibility index (Phi) is 4.77. The molecule has 0 spiro atoms. The highest BCUT2D eigenvalue weighted by Gasteiger charge is 2.27. The minimum absolute atomic E-state index is 0.0687. The molecule has 1 heterocycles. The molecule has 1 aliphatic heterocycles. The largest absolute Gasteiger partial charge is 0.481 e. The fourth-order valence-corrected chi connectivity index (χ4v) is 2.70. The van der Waals surface area contributed by atoms with Gasteiger partial charge in [-0.25, -0.2) is 0 Å². The molecule has 1 unspecified atom stereocenters. The van der Waals surface area contributed by atoms with E-state index in [4.69, 9.17) is 5.11 Å². The zero-order chi connectivity index (χ0) is 14.5. The molecule has 108 valence electrons. The Morgan fingerprint density at radius 2 is 2.10 bits per heavy atom. The molecule has 1 aliphatic rings. The molecule has 1 N–H and O–H groups in total. The maximum atomic E-state index is 12.2.